The van der Waals surface area contributed by atoms with Crippen LogP contribution in [0.2, 0.25) is 0 Å². The number of hydrogen-bond acceptors (Lipinski definition) is 5. The lowest BCUT2D eigenvalue weighted by Crippen LogP contribution is -2.35. The number of carbonyl (C=O) groups excluding carboxylic acids is 1. The highest BCUT2D eigenvalue weighted by Gasteiger charge is 2.23. The van der Waals surface area contributed by atoms with Crippen LogP contribution in [0.4, 0.5) is 14.5 Å². The highest BCUT2D eigenvalue weighted by atomic mass is 19.1. The molecule has 0 unspecified atom stereocenters. The van der Waals surface area contributed by atoms with E-state index in [1.807, 2.05) is 36.1 Å². The van der Waals surface area contributed by atoms with Gasteiger partial charge < -0.3 is 23.7 Å². The zero-order valence-corrected chi connectivity index (χ0v) is 24.1. The van der Waals surface area contributed by atoms with Crippen molar-refractivity contribution in [3.05, 3.63) is 118 Å². The first-order valence-corrected chi connectivity index (χ1v) is 13.5. The fourth-order valence-corrected chi connectivity index (χ4v) is 4.77. The Morgan fingerprint density at radius 1 is 0.884 bits per heavy atom. The second-order valence-corrected chi connectivity index (χ2v) is 9.83. The molecule has 0 aliphatic heterocycles. The second-order valence-electron chi connectivity index (χ2n) is 9.83. The summed E-state index contributed by atoms with van der Waals surface area (Å²) in [7, 11) is 4.97. The zero-order chi connectivity index (χ0) is 30.7. The second kappa shape index (κ2) is 12.3. The number of pyridine rings is 2. The number of rotatable bonds is 9. The molecule has 5 aromatic rings. The number of amides is 1. The molecule has 0 saturated heterocycles. The van der Waals surface area contributed by atoms with Crippen LogP contribution in [0.25, 0.3) is 16.6 Å². The van der Waals surface area contributed by atoms with E-state index in [1.54, 1.807) is 47.9 Å². The molecule has 2 aromatic heterocycles. The number of aromatic nitrogens is 2. The standard InChI is InChI=1S/C33H30F2N3O5/c1-5-37(24-13-22(34)12-23(35)14-24)33(40)30-19-38(31-18-26(41-3)6-7-29(31)32(30)39)25-15-27(42-4)17-28(16-25)43-20-21-8-10-36(2)11-9-21/h6-19H,5,20H2,1-4H3/q+1. The highest BCUT2D eigenvalue weighted by molar-refractivity contribution is 6.07. The number of ether oxygens (including phenoxy) is 3. The molecule has 0 saturated carbocycles. The Hall–Kier alpha value is -5.25. The molecule has 0 aliphatic carbocycles. The van der Waals surface area contributed by atoms with Crippen LogP contribution in [-0.4, -0.2) is 31.2 Å². The van der Waals surface area contributed by atoms with Crippen LogP contribution in [0, 0.1) is 11.6 Å². The van der Waals surface area contributed by atoms with Crippen LogP contribution >= 0.6 is 0 Å². The van der Waals surface area contributed by atoms with Gasteiger partial charge >= 0.3 is 0 Å². The van der Waals surface area contributed by atoms with Crippen LogP contribution in [0.15, 0.2) is 90.1 Å². The van der Waals surface area contributed by atoms with Gasteiger partial charge in [-0.05, 0) is 31.2 Å². The van der Waals surface area contributed by atoms with Gasteiger partial charge in [0.25, 0.3) is 5.91 Å². The summed E-state index contributed by atoms with van der Waals surface area (Å²) in [5.74, 6) is -0.895. The number of benzene rings is 3. The molecule has 0 bridgehead atoms. The first kappa shape index (κ1) is 29.2. The van der Waals surface area contributed by atoms with E-state index in [2.05, 4.69) is 0 Å². The van der Waals surface area contributed by atoms with Gasteiger partial charge in [-0.15, -0.1) is 0 Å². The third-order valence-electron chi connectivity index (χ3n) is 6.99. The smallest absolute Gasteiger partial charge is 0.263 e. The monoisotopic (exact) mass is 586 g/mol. The normalized spacial score (nSPS) is 10.9. The molecular weight excluding hydrogens is 556 g/mol. The molecule has 2 heterocycles. The molecule has 10 heteroatoms. The maximum absolute atomic E-state index is 14.1. The van der Waals surface area contributed by atoms with Gasteiger partial charge in [0.2, 0.25) is 5.43 Å². The summed E-state index contributed by atoms with van der Waals surface area (Å²) in [6.07, 6.45) is 5.26. The van der Waals surface area contributed by atoms with Gasteiger partial charge in [-0.1, -0.05) is 0 Å². The number of hydrogen-bond donors (Lipinski definition) is 0. The van der Waals surface area contributed by atoms with Crippen molar-refractivity contribution in [1.29, 1.82) is 0 Å². The third kappa shape index (κ3) is 6.18. The molecule has 1 amide bonds. The van der Waals surface area contributed by atoms with Gasteiger partial charge in [-0.2, -0.15) is 0 Å². The van der Waals surface area contributed by atoms with Gasteiger partial charge in [0, 0.05) is 71.8 Å². The van der Waals surface area contributed by atoms with Gasteiger partial charge in [-0.3, -0.25) is 9.59 Å². The van der Waals surface area contributed by atoms with Crippen LogP contribution in [-0.2, 0) is 13.7 Å². The van der Waals surface area contributed by atoms with E-state index in [4.69, 9.17) is 14.2 Å². The van der Waals surface area contributed by atoms with Crippen molar-refractivity contribution in [2.45, 2.75) is 13.5 Å². The fraction of sp³-hybridized carbons (Fsp3) is 0.182. The van der Waals surface area contributed by atoms with Gasteiger partial charge in [0.1, 0.15) is 48.1 Å². The van der Waals surface area contributed by atoms with Crippen LogP contribution < -0.4 is 29.1 Å². The number of halogens is 2. The Morgan fingerprint density at radius 2 is 1.56 bits per heavy atom. The van der Waals surface area contributed by atoms with E-state index in [1.165, 1.54) is 20.4 Å². The number of nitrogens with zero attached hydrogens (tertiary/aromatic N) is 3. The van der Waals surface area contributed by atoms with Crippen molar-refractivity contribution in [1.82, 2.24) is 4.57 Å². The molecule has 0 atom stereocenters. The van der Waals surface area contributed by atoms with Crippen LogP contribution in [0.5, 0.6) is 17.2 Å². The summed E-state index contributed by atoms with van der Waals surface area (Å²) in [4.78, 5) is 28.7. The lowest BCUT2D eigenvalue weighted by Gasteiger charge is -2.22. The Kier molecular flexibility index (Phi) is 8.38. The number of fused-ring (bicyclic) bond motifs is 1. The molecule has 43 heavy (non-hydrogen) atoms. The van der Waals surface area contributed by atoms with Crippen LogP contribution in [0.1, 0.15) is 22.8 Å². The Labute approximate surface area is 246 Å². The summed E-state index contributed by atoms with van der Waals surface area (Å²) < 4.78 is 48.8. The van der Waals surface area contributed by atoms with E-state index >= 15 is 0 Å². The zero-order valence-electron chi connectivity index (χ0n) is 24.1. The van der Waals surface area contributed by atoms with E-state index in [9.17, 15) is 18.4 Å². The maximum atomic E-state index is 14.1. The minimum absolute atomic E-state index is 0.00245. The molecule has 0 N–H and O–H groups in total. The Morgan fingerprint density at radius 3 is 2.21 bits per heavy atom. The predicted octanol–water partition coefficient (Wildman–Crippen LogP) is 5.36. The van der Waals surface area contributed by atoms with Crippen LogP contribution in [0.3, 0.4) is 0 Å². The summed E-state index contributed by atoms with van der Waals surface area (Å²) in [6, 6.07) is 16.9. The van der Waals surface area contributed by atoms with Crippen molar-refractivity contribution < 1.29 is 32.4 Å². The number of anilines is 1. The summed E-state index contributed by atoms with van der Waals surface area (Å²) in [5.41, 5.74) is 1.24. The van der Waals surface area contributed by atoms with Crippen molar-refractivity contribution >= 4 is 22.5 Å². The van der Waals surface area contributed by atoms with Gasteiger partial charge in [-0.25, -0.2) is 13.3 Å². The van der Waals surface area contributed by atoms with E-state index in [0.717, 1.165) is 28.7 Å². The molecule has 0 radical (unpaired) electrons. The van der Waals surface area contributed by atoms with Gasteiger partial charge in [0.15, 0.2) is 12.4 Å². The minimum atomic E-state index is -0.836. The Balaban J connectivity index is 1.65. The highest BCUT2D eigenvalue weighted by Crippen LogP contribution is 2.30. The quantitative estimate of drug-likeness (QED) is 0.218. The Bertz CT molecular complexity index is 1850. The fourth-order valence-electron chi connectivity index (χ4n) is 4.77. The predicted molar refractivity (Wildman–Crippen MR) is 158 cm³/mol. The molecule has 220 valence electrons. The molecule has 5 rings (SSSR count). The molecule has 0 fully saturated rings. The summed E-state index contributed by atoms with van der Waals surface area (Å²) in [6.45, 7) is 2.02. The largest absolute Gasteiger partial charge is 0.497 e. The summed E-state index contributed by atoms with van der Waals surface area (Å²) in [5, 5.41) is 0.246. The molecule has 0 spiro atoms. The number of methoxy groups -OCH3 is 2. The first-order valence-electron chi connectivity index (χ1n) is 13.5. The average molecular weight is 587 g/mol. The third-order valence-corrected chi connectivity index (χ3v) is 6.99. The van der Waals surface area contributed by atoms with Crippen molar-refractivity contribution in [3.8, 4) is 22.9 Å². The van der Waals surface area contributed by atoms with E-state index in [0.29, 0.717) is 35.1 Å². The van der Waals surface area contributed by atoms with Gasteiger partial charge in [0.05, 0.1) is 25.4 Å². The molecular formula is C33H30F2N3O5+. The minimum Gasteiger partial charge on any atom is -0.497 e. The lowest BCUT2D eigenvalue weighted by atomic mass is 10.1. The lowest BCUT2D eigenvalue weighted by molar-refractivity contribution is -0.671. The van der Waals surface area contributed by atoms with E-state index < -0.39 is 23.0 Å². The topological polar surface area (TPSA) is 73.9 Å². The first-order chi connectivity index (χ1) is 20.7. The van der Waals surface area contributed by atoms with Crippen molar-refractivity contribution in [3.63, 3.8) is 0 Å². The van der Waals surface area contributed by atoms with E-state index in [-0.39, 0.29) is 23.2 Å². The van der Waals surface area contributed by atoms with Crippen molar-refractivity contribution in [2.75, 3.05) is 25.7 Å². The number of carbonyl (C=O) groups is 1. The molecule has 0 aliphatic rings. The maximum Gasteiger partial charge on any atom is 0.263 e. The SMILES string of the molecule is CCN(C(=O)c1cn(-c2cc(OC)cc(OCc3cc[n+](C)cc3)c2)c2cc(OC)ccc2c1=O)c1cc(F)cc(F)c1. The molecule has 3 aromatic carbocycles. The number of aryl methyl sites for hydroxylation is 1. The molecule has 8 nitrogen and oxygen atoms in total. The van der Waals surface area contributed by atoms with Crippen molar-refractivity contribution in [2.24, 2.45) is 7.05 Å². The average Bonchev–Trinajstić information content (AvgIpc) is 3.00. The summed E-state index contributed by atoms with van der Waals surface area (Å²) >= 11 is 0.